The van der Waals surface area contributed by atoms with E-state index < -0.39 is 9.84 Å². The minimum absolute atomic E-state index is 0. The highest BCUT2D eigenvalue weighted by Gasteiger charge is 2.28. The maximum Gasteiger partial charge on any atom is 0.191 e. The molecule has 0 aliphatic carbocycles. The Bertz CT molecular complexity index is 646. The van der Waals surface area contributed by atoms with Gasteiger partial charge in [0, 0.05) is 12.6 Å². The number of thiophene rings is 1. The van der Waals surface area contributed by atoms with Crippen LogP contribution < -0.4 is 10.6 Å². The smallest absolute Gasteiger partial charge is 0.191 e. The Morgan fingerprint density at radius 2 is 2.12 bits per heavy atom. The van der Waals surface area contributed by atoms with Crippen molar-refractivity contribution < 1.29 is 8.42 Å². The molecule has 0 saturated carbocycles. The first kappa shape index (κ1) is 23.6. The van der Waals surface area contributed by atoms with Crippen molar-refractivity contribution in [2.45, 2.75) is 39.3 Å². The Balaban J connectivity index is 0.00000338. The van der Waals surface area contributed by atoms with Gasteiger partial charge in [0.25, 0.3) is 0 Å². The number of nitrogens with zero attached hydrogens (tertiary/aromatic N) is 2. The van der Waals surface area contributed by atoms with Gasteiger partial charge >= 0.3 is 0 Å². The summed E-state index contributed by atoms with van der Waals surface area (Å²) < 4.78 is 23.3. The molecule has 2 heterocycles. The molecule has 2 atom stereocenters. The summed E-state index contributed by atoms with van der Waals surface area (Å²) in [7, 11) is -2.90. The molecule has 0 spiro atoms. The van der Waals surface area contributed by atoms with Crippen LogP contribution in [0, 0.1) is 0 Å². The van der Waals surface area contributed by atoms with Crippen LogP contribution in [0.3, 0.4) is 0 Å². The summed E-state index contributed by atoms with van der Waals surface area (Å²) in [6.45, 7) is 9.68. The highest BCUT2D eigenvalue weighted by molar-refractivity contribution is 14.0. The van der Waals surface area contributed by atoms with Crippen LogP contribution in [-0.4, -0.2) is 63.0 Å². The third-order valence-electron chi connectivity index (χ3n) is 4.52. The van der Waals surface area contributed by atoms with Gasteiger partial charge in [0.1, 0.15) is 0 Å². The van der Waals surface area contributed by atoms with E-state index in [4.69, 9.17) is 4.99 Å². The van der Waals surface area contributed by atoms with Gasteiger partial charge in [-0.05, 0) is 48.8 Å². The Morgan fingerprint density at radius 1 is 1.38 bits per heavy atom. The molecule has 150 valence electrons. The predicted octanol–water partition coefficient (Wildman–Crippen LogP) is 2.49. The standard InChI is InChI=1S/C17H30N4O2S2.HI/c1-4-18-17(20-15-8-10-25(22,23)13-15)19-11-16(21(5-2)6-3)14-7-9-24-12-14;/h7,9,12,15-16H,4-6,8,10-11,13H2,1-3H3,(H2,18,19,20);1H. The Labute approximate surface area is 178 Å². The van der Waals surface area contributed by atoms with E-state index in [1.54, 1.807) is 11.3 Å². The molecule has 0 aromatic carbocycles. The summed E-state index contributed by atoms with van der Waals surface area (Å²) in [6.07, 6.45) is 0.650. The largest absolute Gasteiger partial charge is 0.357 e. The normalized spacial score (nSPS) is 20.6. The molecule has 0 amide bonds. The fourth-order valence-corrected chi connectivity index (χ4v) is 5.54. The van der Waals surface area contributed by atoms with Crippen molar-refractivity contribution in [3.63, 3.8) is 0 Å². The summed E-state index contributed by atoms with van der Waals surface area (Å²) in [5, 5.41) is 10.8. The highest BCUT2D eigenvalue weighted by Crippen LogP contribution is 2.23. The minimum atomic E-state index is -2.90. The predicted molar refractivity (Wildman–Crippen MR) is 122 cm³/mol. The summed E-state index contributed by atoms with van der Waals surface area (Å²) >= 11 is 1.70. The van der Waals surface area contributed by atoms with E-state index in [9.17, 15) is 8.42 Å². The third-order valence-corrected chi connectivity index (χ3v) is 6.99. The zero-order chi connectivity index (χ0) is 18.3. The van der Waals surface area contributed by atoms with E-state index in [2.05, 4.69) is 46.2 Å². The SMILES string of the molecule is CCNC(=NCC(c1ccsc1)N(CC)CC)NC1CCS(=O)(=O)C1.I. The van der Waals surface area contributed by atoms with Gasteiger partial charge in [0.2, 0.25) is 0 Å². The molecule has 2 rings (SSSR count). The molecule has 0 radical (unpaired) electrons. The maximum atomic E-state index is 11.7. The number of aliphatic imine (C=N–C) groups is 1. The molecular formula is C17H31IN4O2S2. The van der Waals surface area contributed by atoms with Gasteiger partial charge < -0.3 is 10.6 Å². The lowest BCUT2D eigenvalue weighted by Gasteiger charge is -2.28. The summed E-state index contributed by atoms with van der Waals surface area (Å²) in [6, 6.07) is 2.35. The van der Waals surface area contributed by atoms with Gasteiger partial charge in [0.05, 0.1) is 24.1 Å². The van der Waals surface area contributed by atoms with Crippen LogP contribution in [0.15, 0.2) is 21.8 Å². The average Bonchev–Trinajstić information content (AvgIpc) is 3.21. The van der Waals surface area contributed by atoms with Crippen molar-refractivity contribution >= 4 is 51.1 Å². The summed E-state index contributed by atoms with van der Waals surface area (Å²) in [5.74, 6) is 1.17. The first-order valence-corrected chi connectivity index (χ1v) is 11.8. The lowest BCUT2D eigenvalue weighted by Crippen LogP contribution is -2.44. The lowest BCUT2D eigenvalue weighted by molar-refractivity contribution is 0.224. The molecule has 2 unspecified atom stereocenters. The zero-order valence-corrected chi connectivity index (χ0v) is 19.7. The van der Waals surface area contributed by atoms with Crippen LogP contribution in [0.5, 0.6) is 0 Å². The molecule has 0 bridgehead atoms. The average molecular weight is 514 g/mol. The van der Waals surface area contributed by atoms with Crippen molar-refractivity contribution in [3.8, 4) is 0 Å². The number of guanidine groups is 1. The molecule has 1 aromatic rings. The molecular weight excluding hydrogens is 483 g/mol. The van der Waals surface area contributed by atoms with Gasteiger partial charge in [0.15, 0.2) is 15.8 Å². The fraction of sp³-hybridized carbons (Fsp3) is 0.706. The van der Waals surface area contributed by atoms with Crippen LogP contribution in [0.1, 0.15) is 38.8 Å². The van der Waals surface area contributed by atoms with E-state index in [1.165, 1.54) is 5.56 Å². The number of halogens is 1. The number of likely N-dealkylation sites (N-methyl/N-ethyl adjacent to an activating group) is 1. The highest BCUT2D eigenvalue weighted by atomic mass is 127. The van der Waals surface area contributed by atoms with E-state index >= 15 is 0 Å². The molecule has 1 aromatic heterocycles. The van der Waals surface area contributed by atoms with Gasteiger partial charge in [-0.25, -0.2) is 8.42 Å². The molecule has 1 aliphatic heterocycles. The second-order valence-electron chi connectivity index (χ2n) is 6.26. The third kappa shape index (κ3) is 6.97. The molecule has 6 nitrogen and oxygen atoms in total. The lowest BCUT2D eigenvalue weighted by atomic mass is 10.1. The molecule has 9 heteroatoms. The first-order valence-electron chi connectivity index (χ1n) is 9.00. The van der Waals surface area contributed by atoms with Crippen molar-refractivity contribution in [2.75, 3.05) is 37.7 Å². The zero-order valence-electron chi connectivity index (χ0n) is 15.8. The number of rotatable bonds is 8. The molecule has 1 aliphatic rings. The Hall–Kier alpha value is -0.390. The molecule has 1 saturated heterocycles. The van der Waals surface area contributed by atoms with E-state index in [0.717, 1.165) is 19.6 Å². The summed E-state index contributed by atoms with van der Waals surface area (Å²) in [5.41, 5.74) is 1.29. The number of hydrogen-bond acceptors (Lipinski definition) is 5. The van der Waals surface area contributed by atoms with Crippen LogP contribution in [0.4, 0.5) is 0 Å². The van der Waals surface area contributed by atoms with E-state index in [1.807, 2.05) is 6.92 Å². The molecule has 1 fully saturated rings. The van der Waals surface area contributed by atoms with Crippen molar-refractivity contribution in [3.05, 3.63) is 22.4 Å². The Kier molecular flexibility index (Phi) is 10.4. The maximum absolute atomic E-state index is 11.7. The monoisotopic (exact) mass is 514 g/mol. The quantitative estimate of drug-likeness (QED) is 0.317. The fourth-order valence-electron chi connectivity index (χ4n) is 3.16. The number of hydrogen-bond donors (Lipinski definition) is 2. The van der Waals surface area contributed by atoms with Crippen LogP contribution in [0.25, 0.3) is 0 Å². The van der Waals surface area contributed by atoms with E-state index in [-0.39, 0.29) is 47.6 Å². The van der Waals surface area contributed by atoms with Gasteiger partial charge in [-0.15, -0.1) is 24.0 Å². The van der Waals surface area contributed by atoms with Gasteiger partial charge in [-0.2, -0.15) is 11.3 Å². The van der Waals surface area contributed by atoms with Crippen LogP contribution >= 0.6 is 35.3 Å². The minimum Gasteiger partial charge on any atom is -0.357 e. The van der Waals surface area contributed by atoms with Crippen molar-refractivity contribution in [2.24, 2.45) is 4.99 Å². The molecule has 26 heavy (non-hydrogen) atoms. The van der Waals surface area contributed by atoms with Gasteiger partial charge in [-0.1, -0.05) is 13.8 Å². The summed E-state index contributed by atoms with van der Waals surface area (Å²) in [4.78, 5) is 7.16. The van der Waals surface area contributed by atoms with Gasteiger partial charge in [-0.3, -0.25) is 9.89 Å². The Morgan fingerprint density at radius 3 is 2.62 bits per heavy atom. The topological polar surface area (TPSA) is 73.8 Å². The number of sulfone groups is 1. The van der Waals surface area contributed by atoms with Crippen molar-refractivity contribution in [1.29, 1.82) is 0 Å². The van der Waals surface area contributed by atoms with Crippen molar-refractivity contribution in [1.82, 2.24) is 15.5 Å². The van der Waals surface area contributed by atoms with Crippen LogP contribution in [0.2, 0.25) is 0 Å². The first-order chi connectivity index (χ1) is 12.0. The number of nitrogens with one attached hydrogen (secondary N) is 2. The second-order valence-corrected chi connectivity index (χ2v) is 9.27. The van der Waals surface area contributed by atoms with E-state index in [0.29, 0.717) is 18.9 Å². The second kappa shape index (κ2) is 11.5. The molecule has 2 N–H and O–H groups in total. The van der Waals surface area contributed by atoms with Crippen LogP contribution in [-0.2, 0) is 9.84 Å².